The van der Waals surface area contributed by atoms with E-state index < -0.39 is 12.0 Å². The first kappa shape index (κ1) is 12.2. The Labute approximate surface area is 79.8 Å². The maximum Gasteiger partial charge on any atom is 0.320 e. The van der Waals surface area contributed by atoms with E-state index in [1.54, 1.807) is 6.08 Å². The van der Waals surface area contributed by atoms with Crippen LogP contribution in [0.25, 0.3) is 0 Å². The van der Waals surface area contributed by atoms with Crippen molar-refractivity contribution in [3.05, 3.63) is 12.7 Å². The molecule has 0 aromatic heterocycles. The molecule has 13 heavy (non-hydrogen) atoms. The molecule has 0 bridgehead atoms. The average Bonchev–Trinajstić information content (AvgIpc) is 2.04. The van der Waals surface area contributed by atoms with Crippen molar-refractivity contribution in [3.63, 3.8) is 0 Å². The summed E-state index contributed by atoms with van der Waals surface area (Å²) in [5.41, 5.74) is 0. The van der Waals surface area contributed by atoms with Crippen LogP contribution in [0.3, 0.4) is 0 Å². The van der Waals surface area contributed by atoms with Crippen LogP contribution in [0, 0.1) is 0 Å². The first-order valence-electron chi connectivity index (χ1n) is 4.71. The molecular weight excluding hydrogens is 166 g/mol. The number of carbonyl (C=O) groups is 1. The fraction of sp³-hybridized carbons (Fsp3) is 0.700. The summed E-state index contributed by atoms with van der Waals surface area (Å²) < 4.78 is 0. The van der Waals surface area contributed by atoms with Gasteiger partial charge in [0.05, 0.1) is 0 Å². The van der Waals surface area contributed by atoms with Gasteiger partial charge < -0.3 is 10.4 Å². The lowest BCUT2D eigenvalue weighted by Crippen LogP contribution is -2.41. The first-order valence-corrected chi connectivity index (χ1v) is 4.71. The number of carboxylic acid groups (broad SMARTS) is 1. The highest BCUT2D eigenvalue weighted by molar-refractivity contribution is 5.73. The van der Waals surface area contributed by atoms with Crippen molar-refractivity contribution in [2.45, 2.75) is 45.2 Å². The number of aliphatic carboxylic acids is 1. The Morgan fingerprint density at radius 3 is 2.69 bits per heavy atom. The monoisotopic (exact) mass is 185 g/mol. The van der Waals surface area contributed by atoms with Gasteiger partial charge in [-0.25, -0.2) is 0 Å². The van der Waals surface area contributed by atoms with Gasteiger partial charge in [0.25, 0.3) is 0 Å². The van der Waals surface area contributed by atoms with E-state index in [2.05, 4.69) is 11.9 Å². The zero-order valence-corrected chi connectivity index (χ0v) is 8.42. The second kappa shape index (κ2) is 6.66. The molecule has 0 heterocycles. The molecule has 0 aromatic rings. The molecule has 3 heteroatoms. The molecule has 76 valence electrons. The molecule has 0 aliphatic carbocycles. The fourth-order valence-electron chi connectivity index (χ4n) is 1.23. The van der Waals surface area contributed by atoms with Crippen LogP contribution in [-0.2, 0) is 4.79 Å². The van der Waals surface area contributed by atoms with Gasteiger partial charge in [0.2, 0.25) is 0 Å². The summed E-state index contributed by atoms with van der Waals surface area (Å²) in [6, 6.07) is -0.231. The Kier molecular flexibility index (Phi) is 6.24. The summed E-state index contributed by atoms with van der Waals surface area (Å²) in [5, 5.41) is 11.9. The van der Waals surface area contributed by atoms with Crippen LogP contribution in [0.1, 0.15) is 33.1 Å². The van der Waals surface area contributed by atoms with E-state index >= 15 is 0 Å². The lowest BCUT2D eigenvalue weighted by atomic mass is 10.1. The molecule has 2 unspecified atom stereocenters. The summed E-state index contributed by atoms with van der Waals surface area (Å²) in [7, 11) is 0. The van der Waals surface area contributed by atoms with Crippen LogP contribution < -0.4 is 5.32 Å². The maximum absolute atomic E-state index is 10.7. The van der Waals surface area contributed by atoms with Gasteiger partial charge in [0, 0.05) is 6.04 Å². The Balaban J connectivity index is 3.93. The molecule has 2 atom stereocenters. The van der Waals surface area contributed by atoms with Crippen molar-refractivity contribution in [1.82, 2.24) is 5.32 Å². The standard InChI is InChI=1S/C10H19NO2/c1-4-6-8(3)11-9(7-5-2)10(12)13/h4,8-9,11H,1,5-7H2,2-3H3,(H,12,13). The van der Waals surface area contributed by atoms with Gasteiger partial charge in [-0.2, -0.15) is 0 Å². The third-order valence-corrected chi connectivity index (χ3v) is 1.88. The number of carboxylic acids is 1. The van der Waals surface area contributed by atoms with Crippen LogP contribution in [0.4, 0.5) is 0 Å². The van der Waals surface area contributed by atoms with Gasteiger partial charge in [0.1, 0.15) is 6.04 Å². The van der Waals surface area contributed by atoms with Gasteiger partial charge in [-0.15, -0.1) is 6.58 Å². The second-order valence-electron chi connectivity index (χ2n) is 3.27. The van der Waals surface area contributed by atoms with E-state index in [-0.39, 0.29) is 6.04 Å². The number of nitrogens with one attached hydrogen (secondary N) is 1. The minimum absolute atomic E-state index is 0.185. The maximum atomic E-state index is 10.7. The zero-order chi connectivity index (χ0) is 10.3. The number of rotatable bonds is 7. The van der Waals surface area contributed by atoms with Crippen molar-refractivity contribution >= 4 is 5.97 Å². The average molecular weight is 185 g/mol. The molecule has 0 fully saturated rings. The summed E-state index contributed by atoms with van der Waals surface area (Å²) >= 11 is 0. The summed E-state index contributed by atoms with van der Waals surface area (Å²) in [5.74, 6) is -0.766. The summed E-state index contributed by atoms with van der Waals surface area (Å²) in [4.78, 5) is 10.7. The fourth-order valence-corrected chi connectivity index (χ4v) is 1.23. The lowest BCUT2D eigenvalue weighted by molar-refractivity contribution is -0.139. The van der Waals surface area contributed by atoms with Crippen LogP contribution >= 0.6 is 0 Å². The normalized spacial score (nSPS) is 14.9. The van der Waals surface area contributed by atoms with E-state index in [1.165, 1.54) is 0 Å². The minimum Gasteiger partial charge on any atom is -0.480 e. The molecule has 2 N–H and O–H groups in total. The van der Waals surface area contributed by atoms with E-state index in [4.69, 9.17) is 5.11 Å². The predicted molar refractivity (Wildman–Crippen MR) is 53.7 cm³/mol. The van der Waals surface area contributed by atoms with Gasteiger partial charge >= 0.3 is 5.97 Å². The molecule has 0 amide bonds. The first-order chi connectivity index (χ1) is 6.11. The Bertz CT molecular complexity index is 168. The number of hydrogen-bond acceptors (Lipinski definition) is 2. The minimum atomic E-state index is -0.766. The van der Waals surface area contributed by atoms with Crippen molar-refractivity contribution in [2.75, 3.05) is 0 Å². The third-order valence-electron chi connectivity index (χ3n) is 1.88. The van der Waals surface area contributed by atoms with Gasteiger partial charge in [0.15, 0.2) is 0 Å². The van der Waals surface area contributed by atoms with E-state index in [9.17, 15) is 4.79 Å². The third kappa shape index (κ3) is 5.42. The second-order valence-corrected chi connectivity index (χ2v) is 3.27. The smallest absolute Gasteiger partial charge is 0.320 e. The molecule has 0 spiro atoms. The van der Waals surface area contributed by atoms with Crippen molar-refractivity contribution < 1.29 is 9.90 Å². The molecule has 0 saturated carbocycles. The molecule has 0 aliphatic heterocycles. The van der Waals surface area contributed by atoms with Crippen LogP contribution in [-0.4, -0.2) is 23.2 Å². The summed E-state index contributed by atoms with van der Waals surface area (Å²) in [6.45, 7) is 7.56. The van der Waals surface area contributed by atoms with Crippen molar-refractivity contribution in [2.24, 2.45) is 0 Å². The zero-order valence-electron chi connectivity index (χ0n) is 8.42. The van der Waals surface area contributed by atoms with Crippen LogP contribution in [0.2, 0.25) is 0 Å². The van der Waals surface area contributed by atoms with Gasteiger partial charge in [-0.1, -0.05) is 19.4 Å². The topological polar surface area (TPSA) is 49.3 Å². The van der Waals surface area contributed by atoms with E-state index in [0.29, 0.717) is 6.42 Å². The van der Waals surface area contributed by atoms with Gasteiger partial charge in [-0.05, 0) is 19.8 Å². The Hall–Kier alpha value is -0.830. The largest absolute Gasteiger partial charge is 0.480 e. The van der Waals surface area contributed by atoms with Crippen LogP contribution in [0.5, 0.6) is 0 Å². The quantitative estimate of drug-likeness (QED) is 0.594. The van der Waals surface area contributed by atoms with Gasteiger partial charge in [-0.3, -0.25) is 4.79 Å². The molecule has 0 saturated heterocycles. The predicted octanol–water partition coefficient (Wildman–Crippen LogP) is 1.79. The Morgan fingerprint density at radius 1 is 1.69 bits per heavy atom. The molecule has 3 nitrogen and oxygen atoms in total. The van der Waals surface area contributed by atoms with Crippen molar-refractivity contribution in [1.29, 1.82) is 0 Å². The van der Waals surface area contributed by atoms with E-state index in [1.807, 2.05) is 13.8 Å². The highest BCUT2D eigenvalue weighted by Crippen LogP contribution is 2.00. The van der Waals surface area contributed by atoms with E-state index in [0.717, 1.165) is 12.8 Å². The Morgan fingerprint density at radius 2 is 2.31 bits per heavy atom. The molecule has 0 aromatic carbocycles. The van der Waals surface area contributed by atoms with Crippen LogP contribution in [0.15, 0.2) is 12.7 Å². The SMILES string of the molecule is C=CCC(C)NC(CCC)C(=O)O. The molecule has 0 aliphatic rings. The lowest BCUT2D eigenvalue weighted by Gasteiger charge is -2.18. The highest BCUT2D eigenvalue weighted by Gasteiger charge is 2.17. The van der Waals surface area contributed by atoms with Crippen molar-refractivity contribution in [3.8, 4) is 0 Å². The highest BCUT2D eigenvalue weighted by atomic mass is 16.4. The molecule has 0 rings (SSSR count). The number of hydrogen-bond donors (Lipinski definition) is 2. The summed E-state index contributed by atoms with van der Waals surface area (Å²) in [6.07, 6.45) is 4.15. The molecular formula is C10H19NO2. The molecule has 0 radical (unpaired) electrons.